The van der Waals surface area contributed by atoms with Crippen LogP contribution in [-0.2, 0) is 4.79 Å². The van der Waals surface area contributed by atoms with Gasteiger partial charge in [-0.1, -0.05) is 32.0 Å². The second-order valence-electron chi connectivity index (χ2n) is 9.81. The Morgan fingerprint density at radius 2 is 1.49 bits per heavy atom. The summed E-state index contributed by atoms with van der Waals surface area (Å²) in [4.78, 5) is 62.1. The third kappa shape index (κ3) is 7.69. The first-order chi connectivity index (χ1) is 19.4. The molecular formula is C30H33N5O6. The van der Waals surface area contributed by atoms with Crippen molar-refractivity contribution in [2.24, 2.45) is 17.4 Å². The predicted molar refractivity (Wildman–Crippen MR) is 156 cm³/mol. The average molecular weight is 560 g/mol. The summed E-state index contributed by atoms with van der Waals surface area (Å²) in [6, 6.07) is 14.1. The van der Waals surface area contributed by atoms with E-state index in [1.54, 1.807) is 30.3 Å². The molecule has 11 nitrogen and oxygen atoms in total. The number of benzene rings is 3. The first kappa shape index (κ1) is 30.4. The zero-order chi connectivity index (χ0) is 30.3. The van der Waals surface area contributed by atoms with Gasteiger partial charge in [0.15, 0.2) is 0 Å². The molecule has 0 saturated heterocycles. The molecule has 0 aliphatic carbocycles. The number of nitrogens with two attached hydrogens (primary N) is 2. The molecule has 0 aromatic heterocycles. The fourth-order valence-electron chi connectivity index (χ4n) is 4.29. The van der Waals surface area contributed by atoms with E-state index in [-0.39, 0.29) is 33.7 Å². The van der Waals surface area contributed by atoms with Gasteiger partial charge in [0.25, 0.3) is 11.8 Å². The van der Waals surface area contributed by atoms with Gasteiger partial charge in [-0.25, -0.2) is 4.79 Å². The van der Waals surface area contributed by atoms with E-state index in [2.05, 4.69) is 16.0 Å². The molecule has 214 valence electrons. The fourth-order valence-corrected chi connectivity index (χ4v) is 4.29. The molecule has 0 aliphatic heterocycles. The van der Waals surface area contributed by atoms with Gasteiger partial charge in [-0.05, 0) is 72.9 Å². The number of primary amides is 2. The minimum absolute atomic E-state index is 0.0136. The second-order valence-corrected chi connectivity index (χ2v) is 9.81. The third-order valence-electron chi connectivity index (χ3n) is 6.21. The van der Waals surface area contributed by atoms with Gasteiger partial charge >= 0.3 is 5.97 Å². The van der Waals surface area contributed by atoms with Gasteiger partial charge in [0.1, 0.15) is 6.04 Å². The third-order valence-corrected chi connectivity index (χ3v) is 6.21. The molecular weight excluding hydrogens is 526 g/mol. The number of amides is 4. The minimum Gasteiger partial charge on any atom is -0.478 e. The Morgan fingerprint density at radius 1 is 0.805 bits per heavy atom. The Bertz CT molecular complexity index is 1500. The van der Waals surface area contributed by atoms with E-state index in [0.29, 0.717) is 29.9 Å². The van der Waals surface area contributed by atoms with E-state index in [9.17, 15) is 29.1 Å². The zero-order valence-electron chi connectivity index (χ0n) is 23.0. The number of anilines is 2. The summed E-state index contributed by atoms with van der Waals surface area (Å²) in [6.45, 7) is 6.22. The number of carboxylic acids is 1. The number of aromatic carboxylic acids is 1. The largest absolute Gasteiger partial charge is 0.478 e. The summed E-state index contributed by atoms with van der Waals surface area (Å²) in [5, 5.41) is 18.5. The molecule has 0 heterocycles. The van der Waals surface area contributed by atoms with Crippen molar-refractivity contribution in [2.75, 3.05) is 17.2 Å². The van der Waals surface area contributed by atoms with Crippen LogP contribution >= 0.6 is 0 Å². The topological polar surface area (TPSA) is 194 Å². The molecule has 0 saturated carbocycles. The minimum atomic E-state index is -1.32. The number of hydrogen-bond donors (Lipinski definition) is 6. The van der Waals surface area contributed by atoms with Crippen LogP contribution in [0.4, 0.5) is 11.4 Å². The fraction of sp³-hybridized carbons (Fsp3) is 0.233. The number of carbonyl (C=O) groups is 5. The van der Waals surface area contributed by atoms with Crippen LogP contribution in [0.3, 0.4) is 0 Å². The van der Waals surface area contributed by atoms with Crippen LogP contribution in [-0.4, -0.2) is 47.3 Å². The summed E-state index contributed by atoms with van der Waals surface area (Å²) in [7, 11) is 0. The summed E-state index contributed by atoms with van der Waals surface area (Å²) in [5.74, 6) is -3.80. The molecule has 3 aromatic rings. The van der Waals surface area contributed by atoms with E-state index in [1.165, 1.54) is 30.3 Å². The SMILES string of the molecule is CCNc1ccc(-c2ccc(C(=O)N[C@@H](CC(C)C)C(N)=O)cc2C(=O)O)c(C(=O)Nc2cccc(C(N)=O)c2)c1. The number of carbonyl (C=O) groups excluding carboxylic acids is 4. The highest BCUT2D eigenvalue weighted by molar-refractivity contribution is 6.12. The van der Waals surface area contributed by atoms with Gasteiger partial charge in [0.2, 0.25) is 11.8 Å². The van der Waals surface area contributed by atoms with Crippen LogP contribution in [0.5, 0.6) is 0 Å². The monoisotopic (exact) mass is 559 g/mol. The number of rotatable bonds is 12. The molecule has 0 fully saturated rings. The van der Waals surface area contributed by atoms with E-state index in [0.717, 1.165) is 0 Å². The highest BCUT2D eigenvalue weighted by atomic mass is 16.4. The lowest BCUT2D eigenvalue weighted by Crippen LogP contribution is -2.45. The molecule has 0 unspecified atom stereocenters. The lowest BCUT2D eigenvalue weighted by molar-refractivity contribution is -0.120. The Balaban J connectivity index is 2.05. The molecule has 3 aromatic carbocycles. The highest BCUT2D eigenvalue weighted by Crippen LogP contribution is 2.31. The molecule has 0 aliphatic rings. The molecule has 0 radical (unpaired) electrons. The summed E-state index contributed by atoms with van der Waals surface area (Å²) in [6.07, 6.45) is 0.323. The van der Waals surface area contributed by atoms with Crippen LogP contribution in [0.1, 0.15) is 68.6 Å². The van der Waals surface area contributed by atoms with Crippen molar-refractivity contribution in [1.29, 1.82) is 0 Å². The van der Waals surface area contributed by atoms with E-state index in [4.69, 9.17) is 11.5 Å². The van der Waals surface area contributed by atoms with Gasteiger partial charge in [-0.2, -0.15) is 0 Å². The van der Waals surface area contributed by atoms with Crippen LogP contribution in [0.2, 0.25) is 0 Å². The Labute approximate surface area is 237 Å². The Hall–Kier alpha value is -5.19. The van der Waals surface area contributed by atoms with Crippen molar-refractivity contribution in [2.45, 2.75) is 33.2 Å². The molecule has 8 N–H and O–H groups in total. The van der Waals surface area contributed by atoms with Crippen molar-refractivity contribution >= 4 is 41.0 Å². The van der Waals surface area contributed by atoms with E-state index < -0.39 is 35.6 Å². The van der Waals surface area contributed by atoms with Crippen LogP contribution in [0.25, 0.3) is 11.1 Å². The van der Waals surface area contributed by atoms with Gasteiger partial charge < -0.3 is 32.5 Å². The molecule has 0 bridgehead atoms. The maximum atomic E-state index is 13.5. The van der Waals surface area contributed by atoms with Crippen LogP contribution in [0, 0.1) is 5.92 Å². The highest BCUT2D eigenvalue weighted by Gasteiger charge is 2.24. The van der Waals surface area contributed by atoms with Crippen molar-refractivity contribution in [1.82, 2.24) is 5.32 Å². The molecule has 41 heavy (non-hydrogen) atoms. The van der Waals surface area contributed by atoms with E-state index >= 15 is 0 Å². The number of nitrogens with one attached hydrogen (secondary N) is 3. The molecule has 3 rings (SSSR count). The predicted octanol–water partition coefficient (Wildman–Crippen LogP) is 3.46. The maximum absolute atomic E-state index is 13.5. The van der Waals surface area contributed by atoms with Gasteiger partial charge in [0, 0.05) is 34.6 Å². The van der Waals surface area contributed by atoms with Crippen molar-refractivity contribution < 1.29 is 29.1 Å². The quantitative estimate of drug-likeness (QED) is 0.195. The van der Waals surface area contributed by atoms with Crippen molar-refractivity contribution in [3.63, 3.8) is 0 Å². The Morgan fingerprint density at radius 3 is 2.10 bits per heavy atom. The molecule has 1 atom stereocenters. The standard InChI is InChI=1S/C30H33N5O6/c1-4-33-19-9-11-21(23(15-19)29(39)34-20-7-5-6-17(13-20)26(31)36)22-10-8-18(14-24(22)30(40)41)28(38)35-25(27(32)37)12-16(2)3/h5-11,13-16,25,33H,4,12H2,1-3H3,(H2,31,36)(H2,32,37)(H,34,39)(H,35,38)(H,40,41)/t25-/m0/s1. The molecule has 4 amide bonds. The second kappa shape index (κ2) is 13.2. The number of hydrogen-bond acceptors (Lipinski definition) is 6. The molecule has 0 spiro atoms. The van der Waals surface area contributed by atoms with Gasteiger partial charge in [0.05, 0.1) is 5.56 Å². The average Bonchev–Trinajstić information content (AvgIpc) is 2.92. The maximum Gasteiger partial charge on any atom is 0.336 e. The smallest absolute Gasteiger partial charge is 0.336 e. The molecule has 11 heteroatoms. The van der Waals surface area contributed by atoms with Crippen LogP contribution < -0.4 is 27.4 Å². The van der Waals surface area contributed by atoms with Crippen molar-refractivity contribution in [3.8, 4) is 11.1 Å². The lowest BCUT2D eigenvalue weighted by Gasteiger charge is -2.18. The zero-order valence-corrected chi connectivity index (χ0v) is 23.0. The normalized spacial score (nSPS) is 11.4. The first-order valence-electron chi connectivity index (χ1n) is 13.0. The number of carboxylic acid groups (broad SMARTS) is 1. The summed E-state index contributed by atoms with van der Waals surface area (Å²) >= 11 is 0. The summed E-state index contributed by atoms with van der Waals surface area (Å²) < 4.78 is 0. The Kier molecular flexibility index (Phi) is 9.81. The van der Waals surface area contributed by atoms with E-state index in [1.807, 2.05) is 20.8 Å². The summed E-state index contributed by atoms with van der Waals surface area (Å²) in [5.41, 5.74) is 12.4. The van der Waals surface area contributed by atoms with Crippen LogP contribution in [0.15, 0.2) is 60.7 Å². The lowest BCUT2D eigenvalue weighted by atomic mass is 9.92. The first-order valence-corrected chi connectivity index (χ1v) is 13.0. The van der Waals surface area contributed by atoms with Gasteiger partial charge in [-0.15, -0.1) is 0 Å². The van der Waals surface area contributed by atoms with Crippen molar-refractivity contribution in [3.05, 3.63) is 82.9 Å². The van der Waals surface area contributed by atoms with Gasteiger partial charge in [-0.3, -0.25) is 19.2 Å².